The molecule has 0 spiro atoms. The van der Waals surface area contributed by atoms with E-state index in [1.165, 1.54) is 12.1 Å². The lowest BCUT2D eigenvalue weighted by Gasteiger charge is -2.09. The fourth-order valence-electron chi connectivity index (χ4n) is 1.82. The monoisotopic (exact) mass is 270 g/mol. The summed E-state index contributed by atoms with van der Waals surface area (Å²) in [6.45, 7) is 1.79. The molecule has 5 nitrogen and oxygen atoms in total. The largest absolute Gasteiger partial charge is 0.478 e. The van der Waals surface area contributed by atoms with E-state index in [0.717, 1.165) is 5.56 Å². The number of benzene rings is 2. The van der Waals surface area contributed by atoms with Crippen LogP contribution < -0.4 is 11.1 Å². The molecule has 0 saturated carbocycles. The number of rotatable bonds is 3. The van der Waals surface area contributed by atoms with Gasteiger partial charge in [0.1, 0.15) is 0 Å². The molecule has 0 fully saturated rings. The maximum atomic E-state index is 12.1. The van der Waals surface area contributed by atoms with Gasteiger partial charge in [0.05, 0.1) is 11.3 Å². The first kappa shape index (κ1) is 13.6. The van der Waals surface area contributed by atoms with Gasteiger partial charge in [-0.3, -0.25) is 4.79 Å². The first-order valence-electron chi connectivity index (χ1n) is 5.98. The number of carbonyl (C=O) groups excluding carboxylic acids is 1. The summed E-state index contributed by atoms with van der Waals surface area (Å²) < 4.78 is 0. The molecule has 0 aliphatic carbocycles. The molecule has 2 aromatic carbocycles. The van der Waals surface area contributed by atoms with Gasteiger partial charge in [-0.1, -0.05) is 17.7 Å². The SMILES string of the molecule is Cc1ccc(NC(=O)c2cccc(N)c2)c(C(=O)O)c1. The van der Waals surface area contributed by atoms with Crippen molar-refractivity contribution in [2.24, 2.45) is 0 Å². The van der Waals surface area contributed by atoms with Gasteiger partial charge in [0, 0.05) is 11.3 Å². The minimum atomic E-state index is -1.09. The quantitative estimate of drug-likeness (QED) is 0.747. The summed E-state index contributed by atoms with van der Waals surface area (Å²) in [5.41, 5.74) is 7.59. The second-order valence-electron chi connectivity index (χ2n) is 4.43. The number of nitrogens with one attached hydrogen (secondary N) is 1. The summed E-state index contributed by atoms with van der Waals surface area (Å²) >= 11 is 0. The van der Waals surface area contributed by atoms with Crippen LogP contribution in [0, 0.1) is 6.92 Å². The number of carboxylic acid groups (broad SMARTS) is 1. The number of hydrogen-bond donors (Lipinski definition) is 3. The number of aryl methyl sites for hydroxylation is 1. The second-order valence-corrected chi connectivity index (χ2v) is 4.43. The van der Waals surface area contributed by atoms with Gasteiger partial charge in [0.2, 0.25) is 0 Å². The molecule has 0 unspecified atom stereocenters. The molecule has 102 valence electrons. The number of nitrogens with two attached hydrogens (primary N) is 1. The average molecular weight is 270 g/mol. The van der Waals surface area contributed by atoms with E-state index in [9.17, 15) is 9.59 Å². The predicted molar refractivity (Wildman–Crippen MR) is 76.9 cm³/mol. The highest BCUT2D eigenvalue weighted by Gasteiger charge is 2.13. The van der Waals surface area contributed by atoms with Gasteiger partial charge in [-0.05, 0) is 37.3 Å². The molecule has 0 aromatic heterocycles. The third-order valence-corrected chi connectivity index (χ3v) is 2.80. The number of amides is 1. The summed E-state index contributed by atoms with van der Waals surface area (Å²) in [6.07, 6.45) is 0. The lowest BCUT2D eigenvalue weighted by atomic mass is 10.1. The molecule has 5 heteroatoms. The Morgan fingerprint density at radius 2 is 1.90 bits per heavy atom. The summed E-state index contributed by atoms with van der Waals surface area (Å²) in [5, 5.41) is 11.7. The zero-order chi connectivity index (χ0) is 14.7. The Morgan fingerprint density at radius 3 is 2.55 bits per heavy atom. The van der Waals surface area contributed by atoms with Gasteiger partial charge in [0.25, 0.3) is 5.91 Å². The van der Waals surface area contributed by atoms with Crippen LogP contribution in [0.15, 0.2) is 42.5 Å². The highest BCUT2D eigenvalue weighted by atomic mass is 16.4. The van der Waals surface area contributed by atoms with Crippen molar-refractivity contribution in [1.29, 1.82) is 0 Å². The number of nitrogen functional groups attached to an aromatic ring is 1. The number of anilines is 2. The standard InChI is InChI=1S/C15H14N2O3/c1-9-5-6-13(12(7-9)15(19)20)17-14(18)10-3-2-4-11(16)8-10/h2-8H,16H2,1H3,(H,17,18)(H,19,20). The zero-order valence-electron chi connectivity index (χ0n) is 10.9. The maximum Gasteiger partial charge on any atom is 0.337 e. The van der Waals surface area contributed by atoms with Crippen LogP contribution in [0.3, 0.4) is 0 Å². The van der Waals surface area contributed by atoms with E-state index in [1.54, 1.807) is 37.3 Å². The molecule has 0 aliphatic heterocycles. The smallest absolute Gasteiger partial charge is 0.337 e. The molecule has 20 heavy (non-hydrogen) atoms. The molecular formula is C15H14N2O3. The highest BCUT2D eigenvalue weighted by molar-refractivity contribution is 6.08. The van der Waals surface area contributed by atoms with Crippen molar-refractivity contribution in [2.75, 3.05) is 11.1 Å². The molecular weight excluding hydrogens is 256 g/mol. The Hall–Kier alpha value is -2.82. The van der Waals surface area contributed by atoms with Gasteiger partial charge in [-0.2, -0.15) is 0 Å². The van der Waals surface area contributed by atoms with Crippen LogP contribution in [0.1, 0.15) is 26.3 Å². The van der Waals surface area contributed by atoms with Crippen molar-refractivity contribution >= 4 is 23.3 Å². The van der Waals surface area contributed by atoms with Crippen LogP contribution in [0.4, 0.5) is 11.4 Å². The van der Waals surface area contributed by atoms with E-state index >= 15 is 0 Å². The van der Waals surface area contributed by atoms with E-state index < -0.39 is 11.9 Å². The van der Waals surface area contributed by atoms with Gasteiger partial charge in [-0.25, -0.2) is 4.79 Å². The zero-order valence-corrected chi connectivity index (χ0v) is 10.9. The molecule has 0 saturated heterocycles. The lowest BCUT2D eigenvalue weighted by Crippen LogP contribution is -2.15. The van der Waals surface area contributed by atoms with Gasteiger partial charge in [0.15, 0.2) is 0 Å². The Labute approximate surface area is 116 Å². The lowest BCUT2D eigenvalue weighted by molar-refractivity contribution is 0.0698. The number of carboxylic acids is 1. The van der Waals surface area contributed by atoms with Crippen molar-refractivity contribution in [3.63, 3.8) is 0 Å². The fraction of sp³-hybridized carbons (Fsp3) is 0.0667. The minimum absolute atomic E-state index is 0.0576. The Bertz CT molecular complexity index is 681. The van der Waals surface area contributed by atoms with Crippen molar-refractivity contribution in [1.82, 2.24) is 0 Å². The van der Waals surface area contributed by atoms with Crippen molar-refractivity contribution < 1.29 is 14.7 Å². The number of aromatic carboxylic acids is 1. The maximum absolute atomic E-state index is 12.1. The molecule has 0 heterocycles. The topological polar surface area (TPSA) is 92.4 Å². The summed E-state index contributed by atoms with van der Waals surface area (Å²) in [7, 11) is 0. The van der Waals surface area contributed by atoms with Crippen LogP contribution in [-0.2, 0) is 0 Å². The average Bonchev–Trinajstić information content (AvgIpc) is 2.40. The van der Waals surface area contributed by atoms with Crippen LogP contribution in [0.2, 0.25) is 0 Å². The Kier molecular flexibility index (Phi) is 3.70. The van der Waals surface area contributed by atoms with E-state index in [2.05, 4.69) is 5.32 Å². The number of hydrogen-bond acceptors (Lipinski definition) is 3. The normalized spacial score (nSPS) is 10.1. The van der Waals surface area contributed by atoms with Gasteiger partial charge in [-0.15, -0.1) is 0 Å². The number of carbonyl (C=O) groups is 2. The predicted octanol–water partition coefficient (Wildman–Crippen LogP) is 2.53. The minimum Gasteiger partial charge on any atom is -0.478 e. The second kappa shape index (κ2) is 5.44. The van der Waals surface area contributed by atoms with Crippen molar-refractivity contribution in [3.8, 4) is 0 Å². The van der Waals surface area contributed by atoms with E-state index in [0.29, 0.717) is 11.3 Å². The van der Waals surface area contributed by atoms with Crippen LogP contribution in [-0.4, -0.2) is 17.0 Å². The van der Waals surface area contributed by atoms with Crippen molar-refractivity contribution in [3.05, 3.63) is 59.2 Å². The molecule has 4 N–H and O–H groups in total. The summed E-state index contributed by atoms with van der Waals surface area (Å²) in [6, 6.07) is 11.3. The molecule has 1 amide bonds. The van der Waals surface area contributed by atoms with E-state index in [1.807, 2.05) is 0 Å². The van der Waals surface area contributed by atoms with E-state index in [4.69, 9.17) is 10.8 Å². The van der Waals surface area contributed by atoms with Gasteiger partial charge >= 0.3 is 5.97 Å². The molecule has 0 bridgehead atoms. The van der Waals surface area contributed by atoms with Crippen LogP contribution in [0.5, 0.6) is 0 Å². The third kappa shape index (κ3) is 2.95. The first-order chi connectivity index (χ1) is 9.47. The molecule has 0 aliphatic rings. The van der Waals surface area contributed by atoms with Crippen molar-refractivity contribution in [2.45, 2.75) is 6.92 Å². The summed E-state index contributed by atoms with van der Waals surface area (Å²) in [4.78, 5) is 23.2. The molecule has 0 atom stereocenters. The summed E-state index contributed by atoms with van der Waals surface area (Å²) in [5.74, 6) is -1.49. The first-order valence-corrected chi connectivity index (χ1v) is 5.98. The fourth-order valence-corrected chi connectivity index (χ4v) is 1.82. The Morgan fingerprint density at radius 1 is 1.15 bits per heavy atom. The van der Waals surface area contributed by atoms with Crippen LogP contribution in [0.25, 0.3) is 0 Å². The van der Waals surface area contributed by atoms with Gasteiger partial charge < -0.3 is 16.2 Å². The molecule has 2 rings (SSSR count). The van der Waals surface area contributed by atoms with E-state index in [-0.39, 0.29) is 11.3 Å². The highest BCUT2D eigenvalue weighted by Crippen LogP contribution is 2.19. The third-order valence-electron chi connectivity index (χ3n) is 2.80. The Balaban J connectivity index is 2.30. The van der Waals surface area contributed by atoms with Crippen LogP contribution >= 0.6 is 0 Å². The molecule has 2 aromatic rings. The molecule has 0 radical (unpaired) electrons.